The highest BCUT2D eigenvalue weighted by Crippen LogP contribution is 2.19. The quantitative estimate of drug-likeness (QED) is 0.689. The molecule has 0 bridgehead atoms. The third-order valence-electron chi connectivity index (χ3n) is 3.08. The van der Waals surface area contributed by atoms with Gasteiger partial charge in [0.1, 0.15) is 16.5 Å². The summed E-state index contributed by atoms with van der Waals surface area (Å²) in [6, 6.07) is 7.45. The van der Waals surface area contributed by atoms with Gasteiger partial charge in [0.25, 0.3) is 5.56 Å². The van der Waals surface area contributed by atoms with Gasteiger partial charge in [-0.3, -0.25) is 10.2 Å². The van der Waals surface area contributed by atoms with E-state index in [0.29, 0.717) is 11.4 Å². The van der Waals surface area contributed by atoms with E-state index in [1.807, 2.05) is 45.0 Å². The van der Waals surface area contributed by atoms with Gasteiger partial charge in [0.15, 0.2) is 0 Å². The fourth-order valence-electron chi connectivity index (χ4n) is 1.93. The first-order chi connectivity index (χ1) is 10.8. The van der Waals surface area contributed by atoms with Crippen molar-refractivity contribution in [3.8, 4) is 5.75 Å². The van der Waals surface area contributed by atoms with Gasteiger partial charge < -0.3 is 4.74 Å². The van der Waals surface area contributed by atoms with Crippen LogP contribution in [0.4, 0.5) is 5.69 Å². The van der Waals surface area contributed by atoms with Crippen molar-refractivity contribution in [2.45, 2.75) is 26.3 Å². The number of rotatable bonds is 4. The lowest BCUT2D eigenvalue weighted by molar-refractivity contribution is 0.338. The molecule has 6 nitrogen and oxygen atoms in total. The summed E-state index contributed by atoms with van der Waals surface area (Å²) < 4.78 is 6.57. The summed E-state index contributed by atoms with van der Waals surface area (Å²) >= 11 is 6.11. The first kappa shape index (κ1) is 17.0. The average Bonchev–Trinajstić information content (AvgIpc) is 2.50. The highest BCUT2D eigenvalue weighted by Gasteiger charge is 2.19. The largest absolute Gasteiger partial charge is 0.496 e. The Morgan fingerprint density at radius 2 is 2.04 bits per heavy atom. The number of hydrazone groups is 1. The van der Waals surface area contributed by atoms with Gasteiger partial charge in [-0.15, -0.1) is 0 Å². The molecule has 0 amide bonds. The number of hydrogen-bond donors (Lipinski definition) is 1. The third kappa shape index (κ3) is 3.90. The Balaban J connectivity index is 2.23. The first-order valence-corrected chi connectivity index (χ1v) is 7.43. The number of nitrogens with one attached hydrogen (secondary N) is 1. The maximum Gasteiger partial charge on any atom is 0.288 e. The van der Waals surface area contributed by atoms with Crippen LogP contribution < -0.4 is 15.7 Å². The van der Waals surface area contributed by atoms with Crippen molar-refractivity contribution in [2.75, 3.05) is 12.5 Å². The molecule has 1 N–H and O–H groups in total. The Labute approximate surface area is 139 Å². The molecule has 1 heterocycles. The monoisotopic (exact) mass is 334 g/mol. The molecular weight excluding hydrogens is 316 g/mol. The molecule has 23 heavy (non-hydrogen) atoms. The third-order valence-corrected chi connectivity index (χ3v) is 3.45. The van der Waals surface area contributed by atoms with Crippen LogP contribution in [0.1, 0.15) is 26.3 Å². The normalized spacial score (nSPS) is 11.7. The van der Waals surface area contributed by atoms with Crippen LogP contribution in [0.5, 0.6) is 5.75 Å². The van der Waals surface area contributed by atoms with E-state index in [4.69, 9.17) is 16.3 Å². The van der Waals surface area contributed by atoms with Crippen LogP contribution in [0.3, 0.4) is 0 Å². The zero-order chi connectivity index (χ0) is 17.0. The van der Waals surface area contributed by atoms with Crippen LogP contribution in [0.25, 0.3) is 0 Å². The Kier molecular flexibility index (Phi) is 5.05. The van der Waals surface area contributed by atoms with Gasteiger partial charge in [0.2, 0.25) is 0 Å². The minimum Gasteiger partial charge on any atom is -0.496 e. The van der Waals surface area contributed by atoms with Gasteiger partial charge in [-0.1, -0.05) is 23.7 Å². The second-order valence-corrected chi connectivity index (χ2v) is 6.25. The second-order valence-electron chi connectivity index (χ2n) is 5.87. The fourth-order valence-corrected chi connectivity index (χ4v) is 2.10. The number of ether oxygens (including phenoxy) is 1. The van der Waals surface area contributed by atoms with Crippen LogP contribution in [0, 0.1) is 0 Å². The number of anilines is 1. The number of benzene rings is 1. The molecule has 0 atom stereocenters. The van der Waals surface area contributed by atoms with E-state index in [9.17, 15) is 4.79 Å². The molecule has 7 heteroatoms. The summed E-state index contributed by atoms with van der Waals surface area (Å²) in [5.41, 5.74) is 3.08. The minimum absolute atomic E-state index is 0.0482. The number of nitrogens with zero attached hydrogens (tertiary/aromatic N) is 3. The van der Waals surface area contributed by atoms with Crippen LogP contribution in [-0.4, -0.2) is 23.1 Å². The van der Waals surface area contributed by atoms with E-state index in [0.717, 1.165) is 5.56 Å². The van der Waals surface area contributed by atoms with E-state index in [1.54, 1.807) is 13.3 Å². The van der Waals surface area contributed by atoms with E-state index in [2.05, 4.69) is 15.6 Å². The maximum atomic E-state index is 12.2. The van der Waals surface area contributed by atoms with Crippen molar-refractivity contribution < 1.29 is 4.74 Å². The van der Waals surface area contributed by atoms with Gasteiger partial charge in [-0.25, -0.2) is 4.68 Å². The fraction of sp³-hybridized carbons (Fsp3) is 0.312. The summed E-state index contributed by atoms with van der Waals surface area (Å²) in [4.78, 5) is 12.2. The molecule has 0 fully saturated rings. The zero-order valence-corrected chi connectivity index (χ0v) is 14.3. The molecule has 1 aromatic carbocycles. The van der Waals surface area contributed by atoms with E-state index >= 15 is 0 Å². The van der Waals surface area contributed by atoms with Crippen LogP contribution in [-0.2, 0) is 5.54 Å². The van der Waals surface area contributed by atoms with Crippen molar-refractivity contribution in [2.24, 2.45) is 5.10 Å². The SMILES string of the molecule is COc1ccccc1/C=N\Nc1cnn(C(C)(C)C)c(=O)c1Cl. The molecule has 0 saturated heterocycles. The molecule has 0 radical (unpaired) electrons. The van der Waals surface area contributed by atoms with Gasteiger partial charge in [-0.05, 0) is 32.9 Å². The van der Waals surface area contributed by atoms with Gasteiger partial charge >= 0.3 is 0 Å². The van der Waals surface area contributed by atoms with Gasteiger partial charge in [0.05, 0.1) is 25.1 Å². The topological polar surface area (TPSA) is 68.5 Å². The van der Waals surface area contributed by atoms with E-state index < -0.39 is 5.54 Å². The molecule has 0 aliphatic rings. The second kappa shape index (κ2) is 6.83. The molecule has 0 saturated carbocycles. The summed E-state index contributed by atoms with van der Waals surface area (Å²) in [5.74, 6) is 0.699. The first-order valence-electron chi connectivity index (χ1n) is 7.05. The molecular formula is C16H19ClN4O2. The number of hydrogen-bond acceptors (Lipinski definition) is 5. The van der Waals surface area contributed by atoms with E-state index in [1.165, 1.54) is 10.9 Å². The highest BCUT2D eigenvalue weighted by atomic mass is 35.5. The molecule has 0 aliphatic carbocycles. The number of methoxy groups -OCH3 is 1. The summed E-state index contributed by atoms with van der Waals surface area (Å²) in [7, 11) is 1.59. The van der Waals surface area contributed by atoms with Gasteiger partial charge in [-0.2, -0.15) is 10.2 Å². The predicted molar refractivity (Wildman–Crippen MR) is 92.7 cm³/mol. The number of para-hydroxylation sites is 1. The molecule has 122 valence electrons. The van der Waals surface area contributed by atoms with Gasteiger partial charge in [0, 0.05) is 5.56 Å². The minimum atomic E-state index is -0.445. The average molecular weight is 335 g/mol. The number of halogens is 1. The molecule has 2 aromatic rings. The standard InChI is InChI=1S/C16H19ClN4O2/c1-16(2,3)21-15(22)14(17)12(10-19-21)20-18-9-11-7-5-6-8-13(11)23-4/h5-10,20H,1-4H3/b18-9-. The molecule has 0 spiro atoms. The van der Waals surface area contributed by atoms with Crippen LogP contribution in [0.2, 0.25) is 5.02 Å². The Morgan fingerprint density at radius 3 is 2.70 bits per heavy atom. The van der Waals surface area contributed by atoms with Crippen LogP contribution in [0.15, 0.2) is 40.4 Å². The van der Waals surface area contributed by atoms with Crippen molar-refractivity contribution in [3.05, 3.63) is 51.4 Å². The Hall–Kier alpha value is -2.34. The van der Waals surface area contributed by atoms with Crippen LogP contribution >= 0.6 is 11.6 Å². The van der Waals surface area contributed by atoms with Crippen molar-refractivity contribution in [3.63, 3.8) is 0 Å². The summed E-state index contributed by atoms with van der Waals surface area (Å²) in [5, 5.41) is 8.26. The van der Waals surface area contributed by atoms with Crippen molar-refractivity contribution >= 4 is 23.5 Å². The van der Waals surface area contributed by atoms with E-state index in [-0.39, 0.29) is 10.6 Å². The van der Waals surface area contributed by atoms with Crippen molar-refractivity contribution in [1.82, 2.24) is 9.78 Å². The number of aromatic nitrogens is 2. The molecule has 0 aliphatic heterocycles. The molecule has 0 unspecified atom stereocenters. The lowest BCUT2D eigenvalue weighted by Gasteiger charge is -2.20. The lowest BCUT2D eigenvalue weighted by atomic mass is 10.1. The smallest absolute Gasteiger partial charge is 0.288 e. The van der Waals surface area contributed by atoms with Crippen molar-refractivity contribution in [1.29, 1.82) is 0 Å². The summed E-state index contributed by atoms with van der Waals surface area (Å²) in [6.07, 6.45) is 3.07. The molecule has 2 rings (SSSR count). The molecule has 1 aromatic heterocycles. The summed E-state index contributed by atoms with van der Waals surface area (Å²) in [6.45, 7) is 5.64. The lowest BCUT2D eigenvalue weighted by Crippen LogP contribution is -2.36. The Morgan fingerprint density at radius 1 is 1.35 bits per heavy atom. The Bertz CT molecular complexity index is 778. The maximum absolute atomic E-state index is 12.2. The predicted octanol–water partition coefficient (Wildman–Crippen LogP) is 3.11. The highest BCUT2D eigenvalue weighted by molar-refractivity contribution is 6.32. The zero-order valence-electron chi connectivity index (χ0n) is 13.5.